The van der Waals surface area contributed by atoms with Crippen molar-refractivity contribution in [3.8, 4) is 0 Å². The van der Waals surface area contributed by atoms with Gasteiger partial charge in [-0.2, -0.15) is 0 Å². The molecule has 4 bridgehead atoms. The van der Waals surface area contributed by atoms with Crippen LogP contribution in [0.3, 0.4) is 0 Å². The summed E-state index contributed by atoms with van der Waals surface area (Å²) in [4.78, 5) is 0. The molecule has 0 spiro atoms. The fourth-order valence-corrected chi connectivity index (χ4v) is 5.80. The normalized spacial score (nSPS) is 49.1. The summed E-state index contributed by atoms with van der Waals surface area (Å²) >= 11 is 0. The lowest BCUT2D eigenvalue weighted by molar-refractivity contribution is -0.0362. The van der Waals surface area contributed by atoms with E-state index in [1.807, 2.05) is 0 Å². The van der Waals surface area contributed by atoms with Crippen LogP contribution >= 0.6 is 0 Å². The largest absolute Gasteiger partial charge is 0.314 e. The van der Waals surface area contributed by atoms with E-state index in [0.29, 0.717) is 0 Å². The number of hydrogen-bond acceptors (Lipinski definition) is 1. The quantitative estimate of drug-likeness (QED) is 0.785. The van der Waals surface area contributed by atoms with Gasteiger partial charge in [-0.05, 0) is 81.1 Å². The molecule has 0 amide bonds. The summed E-state index contributed by atoms with van der Waals surface area (Å²) < 4.78 is 0. The first-order chi connectivity index (χ1) is 8.38. The molecule has 0 aromatic heterocycles. The minimum Gasteiger partial charge on any atom is -0.314 e. The predicted octanol–water partition coefficient (Wildman–Crippen LogP) is 3.59. The summed E-state index contributed by atoms with van der Waals surface area (Å²) in [6, 6.07) is 0.882. The zero-order valence-corrected chi connectivity index (χ0v) is 11.0. The Morgan fingerprint density at radius 1 is 0.765 bits per heavy atom. The molecule has 5 rings (SSSR count). The topological polar surface area (TPSA) is 12.0 Å². The number of hydrogen-bond donors (Lipinski definition) is 1. The average molecular weight is 233 g/mol. The van der Waals surface area contributed by atoms with E-state index >= 15 is 0 Å². The summed E-state index contributed by atoms with van der Waals surface area (Å²) in [7, 11) is 0. The average Bonchev–Trinajstić information content (AvgIpc) is 2.80. The highest BCUT2D eigenvalue weighted by Gasteiger charge is 2.47. The summed E-state index contributed by atoms with van der Waals surface area (Å²) in [5.41, 5.74) is 0. The molecule has 0 atom stereocenters. The van der Waals surface area contributed by atoms with Gasteiger partial charge in [-0.25, -0.2) is 0 Å². The minimum absolute atomic E-state index is 0.882. The van der Waals surface area contributed by atoms with Crippen molar-refractivity contribution in [1.82, 2.24) is 5.32 Å². The van der Waals surface area contributed by atoms with Gasteiger partial charge < -0.3 is 5.32 Å². The number of nitrogens with one attached hydrogen (secondary N) is 1. The molecule has 5 saturated carbocycles. The van der Waals surface area contributed by atoms with Crippen LogP contribution in [-0.2, 0) is 0 Å². The van der Waals surface area contributed by atoms with E-state index in [9.17, 15) is 0 Å². The molecule has 17 heavy (non-hydrogen) atoms. The molecule has 0 aromatic rings. The van der Waals surface area contributed by atoms with Crippen LogP contribution in [0.2, 0.25) is 0 Å². The minimum atomic E-state index is 0.882. The molecular weight excluding hydrogens is 206 g/mol. The molecular formula is C16H27N. The lowest BCUT2D eigenvalue weighted by Gasteiger charge is -2.54. The molecule has 1 heteroatoms. The molecule has 96 valence electrons. The summed E-state index contributed by atoms with van der Waals surface area (Å²) in [5, 5.41) is 3.91. The van der Waals surface area contributed by atoms with E-state index in [4.69, 9.17) is 0 Å². The molecule has 5 aliphatic rings. The van der Waals surface area contributed by atoms with Crippen molar-refractivity contribution in [2.45, 2.75) is 63.8 Å². The fourth-order valence-electron chi connectivity index (χ4n) is 5.80. The van der Waals surface area contributed by atoms with Crippen molar-refractivity contribution in [3.05, 3.63) is 0 Å². The molecule has 0 saturated heterocycles. The smallest absolute Gasteiger partial charge is 0.00671 e. The molecule has 1 nitrogen and oxygen atoms in total. The molecule has 0 radical (unpaired) electrons. The van der Waals surface area contributed by atoms with Crippen LogP contribution in [0.15, 0.2) is 0 Å². The lowest BCUT2D eigenvalue weighted by atomic mass is 9.52. The Labute approximate surface area is 106 Å². The fraction of sp³-hybridized carbons (Fsp3) is 1.00. The highest BCUT2D eigenvalue weighted by Crippen LogP contribution is 2.56. The zero-order valence-electron chi connectivity index (χ0n) is 11.0. The van der Waals surface area contributed by atoms with Crippen LogP contribution in [0.25, 0.3) is 0 Å². The van der Waals surface area contributed by atoms with E-state index < -0.39 is 0 Å². The molecule has 5 aliphatic carbocycles. The van der Waals surface area contributed by atoms with Crippen molar-refractivity contribution in [3.63, 3.8) is 0 Å². The van der Waals surface area contributed by atoms with Crippen molar-refractivity contribution in [2.24, 2.45) is 29.6 Å². The van der Waals surface area contributed by atoms with Gasteiger partial charge >= 0.3 is 0 Å². The van der Waals surface area contributed by atoms with Crippen LogP contribution < -0.4 is 5.32 Å². The Hall–Kier alpha value is -0.0400. The third kappa shape index (κ3) is 1.95. The first kappa shape index (κ1) is 10.8. The Bertz CT molecular complexity index is 251. The summed E-state index contributed by atoms with van der Waals surface area (Å²) in [5.74, 6) is 5.56. The maximum atomic E-state index is 3.91. The highest BCUT2D eigenvalue weighted by atomic mass is 14.9. The second-order valence-corrected chi connectivity index (χ2v) is 7.48. The van der Waals surface area contributed by atoms with Crippen molar-refractivity contribution >= 4 is 0 Å². The van der Waals surface area contributed by atoms with E-state index in [-0.39, 0.29) is 0 Å². The third-order valence-electron chi connectivity index (χ3n) is 6.42. The van der Waals surface area contributed by atoms with E-state index in [0.717, 1.165) is 35.6 Å². The third-order valence-corrected chi connectivity index (χ3v) is 6.42. The molecule has 0 heterocycles. The Balaban J connectivity index is 1.37. The van der Waals surface area contributed by atoms with Gasteiger partial charge in [0.25, 0.3) is 0 Å². The van der Waals surface area contributed by atoms with Crippen LogP contribution in [0.5, 0.6) is 0 Å². The van der Waals surface area contributed by atoms with Gasteiger partial charge in [-0.1, -0.05) is 12.8 Å². The first-order valence-electron chi connectivity index (χ1n) is 8.12. The van der Waals surface area contributed by atoms with Crippen LogP contribution in [0.1, 0.15) is 57.8 Å². The van der Waals surface area contributed by atoms with Crippen molar-refractivity contribution < 1.29 is 0 Å². The Morgan fingerprint density at radius 2 is 1.35 bits per heavy atom. The van der Waals surface area contributed by atoms with Gasteiger partial charge in [0.1, 0.15) is 0 Å². The van der Waals surface area contributed by atoms with E-state index in [1.54, 1.807) is 32.1 Å². The number of rotatable bonds is 3. The summed E-state index contributed by atoms with van der Waals surface area (Å²) in [6.07, 6.45) is 13.8. The van der Waals surface area contributed by atoms with Gasteiger partial charge in [-0.15, -0.1) is 0 Å². The van der Waals surface area contributed by atoms with Crippen molar-refractivity contribution in [1.29, 1.82) is 0 Å². The maximum Gasteiger partial charge on any atom is 0.00671 e. The van der Waals surface area contributed by atoms with Crippen LogP contribution in [0.4, 0.5) is 0 Å². The Kier molecular flexibility index (Phi) is 2.72. The second kappa shape index (κ2) is 4.26. The molecule has 0 aliphatic heterocycles. The van der Waals surface area contributed by atoms with Gasteiger partial charge in [-0.3, -0.25) is 0 Å². The van der Waals surface area contributed by atoms with Crippen LogP contribution in [0, 0.1) is 29.6 Å². The van der Waals surface area contributed by atoms with Gasteiger partial charge in [0, 0.05) is 6.04 Å². The van der Waals surface area contributed by atoms with Gasteiger partial charge in [0.15, 0.2) is 0 Å². The van der Waals surface area contributed by atoms with Gasteiger partial charge in [0.2, 0.25) is 0 Å². The van der Waals surface area contributed by atoms with Gasteiger partial charge in [0.05, 0.1) is 0 Å². The lowest BCUT2D eigenvalue weighted by Crippen LogP contribution is -2.49. The molecule has 0 aromatic carbocycles. The molecule has 0 unspecified atom stereocenters. The molecule has 1 N–H and O–H groups in total. The highest BCUT2D eigenvalue weighted by molar-refractivity contribution is 4.98. The second-order valence-electron chi connectivity index (χ2n) is 7.48. The van der Waals surface area contributed by atoms with E-state index in [2.05, 4.69) is 5.32 Å². The monoisotopic (exact) mass is 233 g/mol. The SMILES string of the molecule is C1CCC(NCC2C3CC4CC(C3)CC2C4)C1. The maximum absolute atomic E-state index is 3.91. The first-order valence-corrected chi connectivity index (χ1v) is 8.12. The predicted molar refractivity (Wildman–Crippen MR) is 70.8 cm³/mol. The summed E-state index contributed by atoms with van der Waals surface area (Å²) in [6.45, 7) is 1.36. The van der Waals surface area contributed by atoms with Crippen LogP contribution in [-0.4, -0.2) is 12.6 Å². The van der Waals surface area contributed by atoms with E-state index in [1.165, 1.54) is 32.2 Å². The zero-order chi connectivity index (χ0) is 11.2. The molecule has 5 fully saturated rings. The van der Waals surface area contributed by atoms with Crippen molar-refractivity contribution in [2.75, 3.05) is 6.54 Å². The Morgan fingerprint density at radius 3 is 1.94 bits per heavy atom. The standard InChI is InChI=1S/C16H27N/c1-2-4-15(3-1)17-10-16-13-6-11-5-12(8-13)9-14(16)7-11/h11-17H,1-10H2.